The van der Waals surface area contributed by atoms with Crippen molar-refractivity contribution >= 4 is 11.8 Å². The second-order valence-electron chi connectivity index (χ2n) is 6.21. The van der Waals surface area contributed by atoms with Gasteiger partial charge < -0.3 is 9.47 Å². The maximum absolute atomic E-state index is 11.8. The molecule has 0 amide bonds. The van der Waals surface area contributed by atoms with E-state index in [4.69, 9.17) is 9.47 Å². The Morgan fingerprint density at radius 3 is 2.32 bits per heavy atom. The summed E-state index contributed by atoms with van der Waals surface area (Å²) in [5, 5.41) is 0. The number of hydrogen-bond donors (Lipinski definition) is 0. The molecular formula is C18H24O4. The minimum atomic E-state index is -0.576. The molecule has 4 nitrogen and oxygen atoms in total. The summed E-state index contributed by atoms with van der Waals surface area (Å²) < 4.78 is 10.6. The molecule has 0 saturated heterocycles. The highest BCUT2D eigenvalue weighted by Gasteiger charge is 2.19. The first-order valence-corrected chi connectivity index (χ1v) is 7.28. The Labute approximate surface area is 132 Å². The molecule has 0 spiro atoms. The maximum Gasteiger partial charge on any atom is 0.313 e. The molecular weight excluding hydrogens is 280 g/mol. The first-order chi connectivity index (χ1) is 10.3. The van der Waals surface area contributed by atoms with Crippen molar-refractivity contribution in [3.05, 3.63) is 48.0 Å². The van der Waals surface area contributed by atoms with Crippen molar-refractivity contribution in [3.8, 4) is 0 Å². The minimum Gasteiger partial charge on any atom is -0.460 e. The number of benzene rings is 1. The van der Waals surface area contributed by atoms with Crippen molar-refractivity contribution in [2.24, 2.45) is 0 Å². The molecule has 0 unspecified atom stereocenters. The van der Waals surface area contributed by atoms with E-state index < -0.39 is 11.6 Å². The SMILES string of the molecule is C=C(COCc1ccccc1)CC(=O)CC(=O)OC(C)(C)C. The zero-order chi connectivity index (χ0) is 16.6. The van der Waals surface area contributed by atoms with Gasteiger partial charge in [-0.3, -0.25) is 9.59 Å². The lowest BCUT2D eigenvalue weighted by atomic mass is 10.1. The normalized spacial score (nSPS) is 11.0. The van der Waals surface area contributed by atoms with Gasteiger partial charge in [-0.15, -0.1) is 0 Å². The second-order valence-corrected chi connectivity index (χ2v) is 6.21. The highest BCUT2D eigenvalue weighted by molar-refractivity contribution is 5.96. The first kappa shape index (κ1) is 18.1. The van der Waals surface area contributed by atoms with Crippen LogP contribution in [0.2, 0.25) is 0 Å². The number of carbonyl (C=O) groups is 2. The van der Waals surface area contributed by atoms with E-state index in [1.807, 2.05) is 30.3 Å². The van der Waals surface area contributed by atoms with E-state index in [2.05, 4.69) is 6.58 Å². The average Bonchev–Trinajstić information content (AvgIpc) is 2.37. The molecule has 0 radical (unpaired) electrons. The third-order valence-corrected chi connectivity index (χ3v) is 2.63. The molecule has 0 bridgehead atoms. The van der Waals surface area contributed by atoms with Crippen molar-refractivity contribution in [1.29, 1.82) is 0 Å². The van der Waals surface area contributed by atoms with Gasteiger partial charge in [0.2, 0.25) is 0 Å². The van der Waals surface area contributed by atoms with Gasteiger partial charge in [0, 0.05) is 6.42 Å². The van der Waals surface area contributed by atoms with Crippen LogP contribution in [0.5, 0.6) is 0 Å². The number of rotatable bonds is 8. The maximum atomic E-state index is 11.8. The number of ether oxygens (including phenoxy) is 2. The molecule has 0 aliphatic heterocycles. The predicted octanol–water partition coefficient (Wildman–Crippen LogP) is 3.45. The van der Waals surface area contributed by atoms with Gasteiger partial charge in [0.15, 0.2) is 0 Å². The van der Waals surface area contributed by atoms with Crippen LogP contribution in [0.4, 0.5) is 0 Å². The molecule has 0 aliphatic rings. The van der Waals surface area contributed by atoms with Gasteiger partial charge >= 0.3 is 5.97 Å². The summed E-state index contributed by atoms with van der Waals surface area (Å²) in [5.41, 5.74) is 1.15. The van der Waals surface area contributed by atoms with Crippen molar-refractivity contribution < 1.29 is 19.1 Å². The molecule has 0 saturated carbocycles. The van der Waals surface area contributed by atoms with Gasteiger partial charge in [0.25, 0.3) is 0 Å². The Balaban J connectivity index is 2.24. The Morgan fingerprint density at radius 2 is 1.73 bits per heavy atom. The van der Waals surface area contributed by atoms with Gasteiger partial charge in [-0.1, -0.05) is 36.9 Å². The summed E-state index contributed by atoms with van der Waals surface area (Å²) in [7, 11) is 0. The lowest BCUT2D eigenvalue weighted by Crippen LogP contribution is -2.25. The smallest absolute Gasteiger partial charge is 0.313 e. The molecule has 0 heterocycles. The Morgan fingerprint density at radius 1 is 1.09 bits per heavy atom. The summed E-state index contributed by atoms with van der Waals surface area (Å²) in [6, 6.07) is 9.76. The van der Waals surface area contributed by atoms with Crippen molar-refractivity contribution in [3.63, 3.8) is 0 Å². The Bertz CT molecular complexity index is 512. The van der Waals surface area contributed by atoms with Crippen molar-refractivity contribution in [2.75, 3.05) is 6.61 Å². The van der Waals surface area contributed by atoms with Gasteiger partial charge in [-0.25, -0.2) is 0 Å². The molecule has 0 aliphatic carbocycles. The molecule has 4 heteroatoms. The first-order valence-electron chi connectivity index (χ1n) is 7.28. The molecule has 1 aromatic carbocycles. The molecule has 0 N–H and O–H groups in total. The zero-order valence-corrected chi connectivity index (χ0v) is 13.6. The van der Waals surface area contributed by atoms with Gasteiger partial charge in [0.05, 0.1) is 13.2 Å². The molecule has 120 valence electrons. The summed E-state index contributed by atoms with van der Waals surface area (Å²) in [4.78, 5) is 23.3. The molecule has 1 rings (SSSR count). The molecule has 1 aromatic rings. The summed E-state index contributed by atoms with van der Waals surface area (Å²) in [6.07, 6.45) is -0.0942. The Kier molecular flexibility index (Phi) is 6.99. The Hall–Kier alpha value is -1.94. The highest BCUT2D eigenvalue weighted by Crippen LogP contribution is 2.10. The standard InChI is InChI=1S/C18H24O4/c1-14(12-21-13-15-8-6-5-7-9-15)10-16(19)11-17(20)22-18(2,3)4/h5-9H,1,10-13H2,2-4H3. The van der Waals surface area contributed by atoms with Crippen LogP contribution in [0, 0.1) is 0 Å². The van der Waals surface area contributed by atoms with Crippen LogP contribution in [-0.4, -0.2) is 24.0 Å². The van der Waals surface area contributed by atoms with Gasteiger partial charge in [-0.2, -0.15) is 0 Å². The van der Waals surface area contributed by atoms with Crippen LogP contribution < -0.4 is 0 Å². The summed E-state index contributed by atoms with van der Waals surface area (Å²) in [6.45, 7) is 9.89. The number of esters is 1. The van der Waals surface area contributed by atoms with E-state index in [9.17, 15) is 9.59 Å². The largest absolute Gasteiger partial charge is 0.460 e. The lowest BCUT2D eigenvalue weighted by molar-refractivity contribution is -0.156. The van der Waals surface area contributed by atoms with Crippen molar-refractivity contribution in [2.45, 2.75) is 45.8 Å². The lowest BCUT2D eigenvalue weighted by Gasteiger charge is -2.19. The molecule has 22 heavy (non-hydrogen) atoms. The second kappa shape index (κ2) is 8.49. The average molecular weight is 304 g/mol. The van der Waals surface area contributed by atoms with Crippen LogP contribution in [0.25, 0.3) is 0 Å². The van der Waals surface area contributed by atoms with E-state index in [0.29, 0.717) is 18.8 Å². The summed E-state index contributed by atoms with van der Waals surface area (Å²) >= 11 is 0. The zero-order valence-electron chi connectivity index (χ0n) is 13.6. The van der Waals surface area contributed by atoms with E-state index in [1.165, 1.54) is 0 Å². The van der Waals surface area contributed by atoms with Crippen LogP contribution in [0.1, 0.15) is 39.2 Å². The van der Waals surface area contributed by atoms with Gasteiger partial charge in [-0.05, 0) is 31.9 Å². The molecule has 0 aromatic heterocycles. The fourth-order valence-corrected chi connectivity index (χ4v) is 1.82. The number of carbonyl (C=O) groups excluding carboxylic acids is 2. The van der Waals surface area contributed by atoms with Crippen LogP contribution in [0.15, 0.2) is 42.5 Å². The molecule has 0 fully saturated rings. The highest BCUT2D eigenvalue weighted by atomic mass is 16.6. The van der Waals surface area contributed by atoms with Crippen LogP contribution in [0.3, 0.4) is 0 Å². The van der Waals surface area contributed by atoms with Crippen LogP contribution in [-0.2, 0) is 25.7 Å². The van der Waals surface area contributed by atoms with E-state index >= 15 is 0 Å². The topological polar surface area (TPSA) is 52.6 Å². The molecule has 0 atom stereocenters. The fourth-order valence-electron chi connectivity index (χ4n) is 1.82. The van der Waals surface area contributed by atoms with Crippen molar-refractivity contribution in [1.82, 2.24) is 0 Å². The van der Waals surface area contributed by atoms with E-state index in [-0.39, 0.29) is 18.6 Å². The monoisotopic (exact) mass is 304 g/mol. The number of hydrogen-bond acceptors (Lipinski definition) is 4. The third-order valence-electron chi connectivity index (χ3n) is 2.63. The van der Waals surface area contributed by atoms with Crippen LogP contribution >= 0.6 is 0 Å². The third kappa shape index (κ3) is 8.37. The van der Waals surface area contributed by atoms with E-state index in [1.54, 1.807) is 20.8 Å². The van der Waals surface area contributed by atoms with Gasteiger partial charge in [0.1, 0.15) is 17.8 Å². The summed E-state index contributed by atoms with van der Waals surface area (Å²) in [5.74, 6) is -0.710. The quantitative estimate of drug-likeness (QED) is 0.419. The van der Waals surface area contributed by atoms with E-state index in [0.717, 1.165) is 5.56 Å². The predicted molar refractivity (Wildman–Crippen MR) is 85.3 cm³/mol. The fraction of sp³-hybridized carbons (Fsp3) is 0.444. The minimum absolute atomic E-state index is 0.133. The number of ketones is 1. The number of Topliss-reactive ketones (excluding diaryl/α,β-unsaturated/α-hetero) is 1.